The highest BCUT2D eigenvalue weighted by atomic mass is 35.5. The maximum Gasteiger partial charge on any atom is 0.573 e. The van der Waals surface area contributed by atoms with Gasteiger partial charge >= 0.3 is 12.3 Å². The van der Waals surface area contributed by atoms with Crippen molar-refractivity contribution in [2.24, 2.45) is 0 Å². The fourth-order valence-electron chi connectivity index (χ4n) is 1.92. The van der Waals surface area contributed by atoms with Crippen LogP contribution in [0.1, 0.15) is 17.3 Å². The van der Waals surface area contributed by atoms with Crippen LogP contribution in [0.5, 0.6) is 11.5 Å². The summed E-state index contributed by atoms with van der Waals surface area (Å²) in [7, 11) is 0. The quantitative estimate of drug-likeness (QED) is 0.655. The van der Waals surface area contributed by atoms with Crippen LogP contribution in [0.4, 0.5) is 13.2 Å². The molecule has 0 bridgehead atoms. The number of esters is 1. The Morgan fingerprint density at radius 2 is 1.78 bits per heavy atom. The summed E-state index contributed by atoms with van der Waals surface area (Å²) in [5.41, 5.74) is -1.69. The maximum atomic E-state index is 12.2. The number of nitrogens with zero attached hydrogens (tertiary/aromatic N) is 1. The third-order valence-corrected chi connectivity index (χ3v) is 3.53. The SMILES string of the molecule is CC(C#N)(COc1ccccc1Cl)OC(=O)c1ccc(OC(F)(F)F)cc1. The number of hydrogen-bond donors (Lipinski definition) is 0. The van der Waals surface area contributed by atoms with Crippen molar-refractivity contribution in [2.45, 2.75) is 18.9 Å². The van der Waals surface area contributed by atoms with Crippen molar-refractivity contribution in [2.75, 3.05) is 6.61 Å². The molecule has 27 heavy (non-hydrogen) atoms. The summed E-state index contributed by atoms with van der Waals surface area (Å²) in [5, 5.41) is 9.64. The fraction of sp³-hybridized carbons (Fsp3) is 0.222. The first kappa shape index (κ1) is 20.4. The minimum atomic E-state index is -4.84. The van der Waals surface area contributed by atoms with Crippen molar-refractivity contribution in [3.05, 3.63) is 59.1 Å². The highest BCUT2D eigenvalue weighted by Crippen LogP contribution is 2.26. The monoisotopic (exact) mass is 399 g/mol. The lowest BCUT2D eigenvalue weighted by Crippen LogP contribution is -2.36. The molecular weight excluding hydrogens is 387 g/mol. The molecule has 1 atom stereocenters. The van der Waals surface area contributed by atoms with Gasteiger partial charge in [-0.1, -0.05) is 23.7 Å². The van der Waals surface area contributed by atoms with E-state index in [0.29, 0.717) is 10.8 Å². The van der Waals surface area contributed by atoms with Crippen molar-refractivity contribution >= 4 is 17.6 Å². The summed E-state index contributed by atoms with van der Waals surface area (Å²) in [5.74, 6) is -1.07. The molecule has 0 aliphatic carbocycles. The zero-order chi connectivity index (χ0) is 20.1. The Morgan fingerprint density at radius 3 is 2.33 bits per heavy atom. The number of alkyl halides is 3. The van der Waals surface area contributed by atoms with Crippen molar-refractivity contribution in [1.82, 2.24) is 0 Å². The molecule has 5 nitrogen and oxygen atoms in total. The van der Waals surface area contributed by atoms with E-state index >= 15 is 0 Å². The molecule has 0 aliphatic heterocycles. The molecule has 0 saturated carbocycles. The van der Waals surface area contributed by atoms with Gasteiger partial charge in [-0.15, -0.1) is 13.2 Å². The smallest absolute Gasteiger partial charge is 0.487 e. The van der Waals surface area contributed by atoms with Crippen LogP contribution in [0, 0.1) is 11.3 Å². The first-order chi connectivity index (χ1) is 12.6. The van der Waals surface area contributed by atoms with Crippen molar-refractivity contribution in [1.29, 1.82) is 5.26 Å². The minimum Gasteiger partial charge on any atom is -0.487 e. The molecule has 0 amide bonds. The zero-order valence-electron chi connectivity index (χ0n) is 13.9. The molecule has 9 heteroatoms. The number of ether oxygens (including phenoxy) is 3. The average molecular weight is 400 g/mol. The van der Waals surface area contributed by atoms with E-state index in [1.54, 1.807) is 24.3 Å². The highest BCUT2D eigenvalue weighted by Gasteiger charge is 2.32. The summed E-state index contributed by atoms with van der Waals surface area (Å²) in [6.45, 7) is 1.04. The summed E-state index contributed by atoms with van der Waals surface area (Å²) < 4.78 is 50.7. The Labute approximate surface area is 157 Å². The molecule has 0 spiro atoms. The van der Waals surface area contributed by atoms with Gasteiger partial charge < -0.3 is 14.2 Å². The largest absolute Gasteiger partial charge is 0.573 e. The van der Waals surface area contributed by atoms with Crippen LogP contribution in [0.15, 0.2) is 48.5 Å². The zero-order valence-corrected chi connectivity index (χ0v) is 14.7. The van der Waals surface area contributed by atoms with Gasteiger partial charge in [0.25, 0.3) is 0 Å². The molecule has 0 aliphatic rings. The van der Waals surface area contributed by atoms with E-state index in [1.807, 2.05) is 6.07 Å². The lowest BCUT2D eigenvalue weighted by atomic mass is 10.1. The van der Waals surface area contributed by atoms with Gasteiger partial charge in [0.2, 0.25) is 5.60 Å². The van der Waals surface area contributed by atoms with E-state index in [9.17, 15) is 23.2 Å². The topological polar surface area (TPSA) is 68.5 Å². The molecule has 0 heterocycles. The maximum absolute atomic E-state index is 12.2. The molecule has 0 saturated heterocycles. The Kier molecular flexibility index (Phi) is 6.18. The van der Waals surface area contributed by atoms with E-state index in [1.165, 1.54) is 6.92 Å². The number of benzene rings is 2. The second kappa shape index (κ2) is 8.18. The lowest BCUT2D eigenvalue weighted by molar-refractivity contribution is -0.274. The molecule has 1 unspecified atom stereocenters. The second-order valence-corrected chi connectivity index (χ2v) is 5.93. The lowest BCUT2D eigenvalue weighted by Gasteiger charge is -2.22. The number of para-hydroxylation sites is 1. The van der Waals surface area contributed by atoms with Crippen LogP contribution < -0.4 is 9.47 Å². The molecule has 0 N–H and O–H groups in total. The molecule has 142 valence electrons. The van der Waals surface area contributed by atoms with Gasteiger partial charge in [-0.25, -0.2) is 4.79 Å². The van der Waals surface area contributed by atoms with E-state index < -0.39 is 23.7 Å². The average Bonchev–Trinajstić information content (AvgIpc) is 2.60. The summed E-state index contributed by atoms with van der Waals surface area (Å²) in [4.78, 5) is 12.2. The third-order valence-electron chi connectivity index (χ3n) is 3.22. The Morgan fingerprint density at radius 1 is 1.15 bits per heavy atom. The molecule has 0 fully saturated rings. The predicted molar refractivity (Wildman–Crippen MR) is 89.5 cm³/mol. The Hall–Kier alpha value is -2.92. The fourth-order valence-corrected chi connectivity index (χ4v) is 2.11. The third kappa shape index (κ3) is 6.08. The number of carbonyl (C=O) groups is 1. The van der Waals surface area contributed by atoms with Gasteiger partial charge in [-0.3, -0.25) is 0 Å². The number of rotatable bonds is 6. The van der Waals surface area contributed by atoms with Gasteiger partial charge in [-0.05, 0) is 43.3 Å². The van der Waals surface area contributed by atoms with E-state index in [2.05, 4.69) is 4.74 Å². The number of nitriles is 1. The van der Waals surface area contributed by atoms with Gasteiger partial charge in [0.05, 0.1) is 10.6 Å². The van der Waals surface area contributed by atoms with Gasteiger partial charge in [-0.2, -0.15) is 5.26 Å². The summed E-state index contributed by atoms with van der Waals surface area (Å²) in [6.07, 6.45) is -4.84. The van der Waals surface area contributed by atoms with Crippen molar-refractivity contribution in [3.63, 3.8) is 0 Å². The molecule has 0 aromatic heterocycles. The van der Waals surface area contributed by atoms with Crippen LogP contribution in [-0.2, 0) is 4.74 Å². The van der Waals surface area contributed by atoms with E-state index in [0.717, 1.165) is 24.3 Å². The number of hydrogen-bond acceptors (Lipinski definition) is 5. The van der Waals surface area contributed by atoms with Gasteiger partial charge in [0.1, 0.15) is 24.2 Å². The first-order valence-electron chi connectivity index (χ1n) is 7.50. The summed E-state index contributed by atoms with van der Waals surface area (Å²) >= 11 is 5.95. The second-order valence-electron chi connectivity index (χ2n) is 5.52. The molecule has 2 aromatic rings. The first-order valence-corrected chi connectivity index (χ1v) is 7.87. The molecular formula is C18H13ClF3NO4. The number of carbonyl (C=O) groups excluding carboxylic acids is 1. The van der Waals surface area contributed by atoms with Crippen molar-refractivity contribution in [3.8, 4) is 17.6 Å². The molecule has 2 aromatic carbocycles. The normalized spacial score (nSPS) is 13.2. The molecule has 0 radical (unpaired) electrons. The highest BCUT2D eigenvalue weighted by molar-refractivity contribution is 6.32. The van der Waals surface area contributed by atoms with Crippen LogP contribution in [0.2, 0.25) is 5.02 Å². The van der Waals surface area contributed by atoms with Crippen molar-refractivity contribution < 1.29 is 32.2 Å². The van der Waals surface area contributed by atoms with Crippen LogP contribution in [0.25, 0.3) is 0 Å². The van der Waals surface area contributed by atoms with Crippen LogP contribution >= 0.6 is 11.6 Å². The molecule has 2 rings (SSSR count). The Bertz CT molecular complexity index is 849. The summed E-state index contributed by atoms with van der Waals surface area (Å²) in [6, 6.07) is 12.5. The van der Waals surface area contributed by atoms with Crippen LogP contribution in [0.3, 0.4) is 0 Å². The number of halogens is 4. The van der Waals surface area contributed by atoms with Crippen LogP contribution in [-0.4, -0.2) is 24.5 Å². The Balaban J connectivity index is 2.03. The van der Waals surface area contributed by atoms with Gasteiger partial charge in [0.15, 0.2) is 0 Å². The minimum absolute atomic E-state index is 0.0521. The van der Waals surface area contributed by atoms with E-state index in [4.69, 9.17) is 21.1 Å². The van der Waals surface area contributed by atoms with E-state index in [-0.39, 0.29) is 12.2 Å². The predicted octanol–water partition coefficient (Wildman–Crippen LogP) is 4.76. The standard InChI is InChI=1S/C18H13ClF3NO4/c1-17(10-23,11-25-15-5-3-2-4-14(15)19)27-16(24)12-6-8-13(9-7-12)26-18(20,21)22/h2-9H,11H2,1H3. The van der Waals surface area contributed by atoms with Gasteiger partial charge in [0, 0.05) is 0 Å².